The maximum absolute atomic E-state index is 12.5. The number of para-hydroxylation sites is 1. The van der Waals surface area contributed by atoms with Gasteiger partial charge in [0, 0.05) is 17.1 Å². The van der Waals surface area contributed by atoms with Crippen LogP contribution in [-0.4, -0.2) is 29.1 Å². The summed E-state index contributed by atoms with van der Waals surface area (Å²) in [4.78, 5) is 23.5. The lowest BCUT2D eigenvalue weighted by molar-refractivity contribution is 0.578. The molecule has 0 spiro atoms. The van der Waals surface area contributed by atoms with Crippen LogP contribution in [0.15, 0.2) is 46.3 Å². The Balaban J connectivity index is 1.91. The third-order valence-corrected chi connectivity index (χ3v) is 6.46. The summed E-state index contributed by atoms with van der Waals surface area (Å²) in [5.41, 5.74) is 0.751. The Hall–Kier alpha value is -2.45. The van der Waals surface area contributed by atoms with Crippen LogP contribution < -0.4 is 10.9 Å². The standard InChI is InChI=1S/C19H21ClN4O3S/c1-11(2)10-28(26,27)16-7-8-21-19(23-16)22-12(3)14-9-13-5-4-6-15(20)17(13)24-18(14)25/h4-9,11-12H,10H2,1-3H3,(H,24,25)(H,21,22,23)/t12-/m0/s1. The van der Waals surface area contributed by atoms with Gasteiger partial charge in [-0.05, 0) is 31.0 Å². The number of aromatic nitrogens is 3. The van der Waals surface area contributed by atoms with Crippen LogP contribution >= 0.6 is 11.6 Å². The van der Waals surface area contributed by atoms with E-state index in [4.69, 9.17) is 11.6 Å². The van der Waals surface area contributed by atoms with Gasteiger partial charge in [0.1, 0.15) is 0 Å². The second-order valence-electron chi connectivity index (χ2n) is 7.02. The molecule has 148 valence electrons. The third kappa shape index (κ3) is 4.34. The molecule has 0 saturated carbocycles. The van der Waals surface area contributed by atoms with Gasteiger partial charge >= 0.3 is 0 Å². The molecule has 0 fully saturated rings. The van der Waals surface area contributed by atoms with Crippen LogP contribution in [-0.2, 0) is 9.84 Å². The van der Waals surface area contributed by atoms with E-state index >= 15 is 0 Å². The number of hydrogen-bond donors (Lipinski definition) is 2. The van der Waals surface area contributed by atoms with Gasteiger partial charge in [-0.15, -0.1) is 0 Å². The minimum Gasteiger partial charge on any atom is -0.347 e. The SMILES string of the molecule is CC(C)CS(=O)(=O)c1ccnc(N[C@@H](C)c2cc3cccc(Cl)c3[nH]c2=O)n1. The Morgan fingerprint density at radius 2 is 1.96 bits per heavy atom. The molecule has 0 bridgehead atoms. The lowest BCUT2D eigenvalue weighted by Crippen LogP contribution is -2.21. The number of fused-ring (bicyclic) bond motifs is 1. The van der Waals surface area contributed by atoms with Gasteiger partial charge in [-0.3, -0.25) is 4.79 Å². The van der Waals surface area contributed by atoms with Crippen molar-refractivity contribution in [1.82, 2.24) is 15.0 Å². The summed E-state index contributed by atoms with van der Waals surface area (Å²) in [5.74, 6) is 0.130. The van der Waals surface area contributed by atoms with E-state index in [2.05, 4.69) is 20.3 Å². The molecule has 0 saturated heterocycles. The zero-order valence-corrected chi connectivity index (χ0v) is 17.3. The molecule has 0 aliphatic heterocycles. The molecule has 2 aromatic heterocycles. The number of rotatable bonds is 6. The van der Waals surface area contributed by atoms with E-state index in [0.29, 0.717) is 16.1 Å². The molecule has 0 amide bonds. The molecule has 9 heteroatoms. The fourth-order valence-electron chi connectivity index (χ4n) is 2.91. The largest absolute Gasteiger partial charge is 0.347 e. The number of H-pyrrole nitrogens is 1. The zero-order valence-electron chi connectivity index (χ0n) is 15.7. The first-order valence-corrected chi connectivity index (χ1v) is 10.8. The number of nitrogens with one attached hydrogen (secondary N) is 2. The van der Waals surface area contributed by atoms with Gasteiger partial charge < -0.3 is 10.3 Å². The molecular formula is C19H21ClN4O3S. The number of sulfone groups is 1. The molecule has 0 radical (unpaired) electrons. The fraction of sp³-hybridized carbons (Fsp3) is 0.316. The van der Waals surface area contributed by atoms with Crippen molar-refractivity contribution in [1.29, 1.82) is 0 Å². The molecule has 28 heavy (non-hydrogen) atoms. The summed E-state index contributed by atoms with van der Waals surface area (Å²) in [6.45, 7) is 5.44. The molecule has 2 heterocycles. The van der Waals surface area contributed by atoms with Crippen LogP contribution in [0, 0.1) is 5.92 Å². The lowest BCUT2D eigenvalue weighted by atomic mass is 10.1. The molecule has 3 aromatic rings. The second kappa shape index (κ2) is 7.89. The van der Waals surface area contributed by atoms with Crippen LogP contribution in [0.4, 0.5) is 5.95 Å². The van der Waals surface area contributed by atoms with Crippen LogP contribution in [0.3, 0.4) is 0 Å². The quantitative estimate of drug-likeness (QED) is 0.590. The summed E-state index contributed by atoms with van der Waals surface area (Å²) in [6.07, 6.45) is 1.39. The molecular weight excluding hydrogens is 400 g/mol. The Kier molecular flexibility index (Phi) is 5.71. The summed E-state index contributed by atoms with van der Waals surface area (Å²) < 4.78 is 24.8. The normalized spacial score (nSPS) is 13.0. The average Bonchev–Trinajstić information content (AvgIpc) is 2.61. The first-order chi connectivity index (χ1) is 13.2. The van der Waals surface area contributed by atoms with Gasteiger partial charge in [0.25, 0.3) is 5.56 Å². The van der Waals surface area contributed by atoms with E-state index in [-0.39, 0.29) is 28.2 Å². The number of hydrogen-bond acceptors (Lipinski definition) is 6. The molecule has 0 aliphatic carbocycles. The fourth-order valence-corrected chi connectivity index (χ4v) is 4.69. The topological polar surface area (TPSA) is 105 Å². The summed E-state index contributed by atoms with van der Waals surface area (Å²) >= 11 is 6.12. The number of aromatic amines is 1. The summed E-state index contributed by atoms with van der Waals surface area (Å²) in [5, 5.41) is 4.23. The first kappa shape index (κ1) is 20.3. The van der Waals surface area contributed by atoms with E-state index in [0.717, 1.165) is 5.39 Å². The highest BCUT2D eigenvalue weighted by Crippen LogP contribution is 2.23. The second-order valence-corrected chi connectivity index (χ2v) is 9.41. The number of nitrogens with zero attached hydrogens (tertiary/aromatic N) is 2. The minimum atomic E-state index is -3.50. The summed E-state index contributed by atoms with van der Waals surface area (Å²) in [6, 6.07) is 8.03. The van der Waals surface area contributed by atoms with Crippen molar-refractivity contribution in [3.05, 3.63) is 57.5 Å². The van der Waals surface area contributed by atoms with Crippen molar-refractivity contribution >= 4 is 38.3 Å². The van der Waals surface area contributed by atoms with Crippen molar-refractivity contribution in [3.8, 4) is 0 Å². The number of pyridine rings is 1. The minimum absolute atomic E-state index is 0.00408. The maximum atomic E-state index is 12.5. The van der Waals surface area contributed by atoms with Crippen molar-refractivity contribution in [2.45, 2.75) is 31.8 Å². The molecule has 2 N–H and O–H groups in total. The predicted octanol–water partition coefficient (Wildman–Crippen LogP) is 3.57. The lowest BCUT2D eigenvalue weighted by Gasteiger charge is -2.15. The van der Waals surface area contributed by atoms with E-state index in [9.17, 15) is 13.2 Å². The molecule has 0 unspecified atom stereocenters. The molecule has 0 aliphatic rings. The van der Waals surface area contributed by atoms with Crippen LogP contribution in [0.25, 0.3) is 10.9 Å². The highest BCUT2D eigenvalue weighted by atomic mass is 35.5. The zero-order chi connectivity index (χ0) is 20.5. The third-order valence-electron chi connectivity index (χ3n) is 4.17. The van der Waals surface area contributed by atoms with Crippen molar-refractivity contribution in [2.75, 3.05) is 11.1 Å². The van der Waals surface area contributed by atoms with Gasteiger partial charge in [-0.1, -0.05) is 37.6 Å². The van der Waals surface area contributed by atoms with E-state index in [1.54, 1.807) is 25.1 Å². The van der Waals surface area contributed by atoms with Crippen LogP contribution in [0.5, 0.6) is 0 Å². The Morgan fingerprint density at radius 1 is 1.21 bits per heavy atom. The average molecular weight is 421 g/mol. The van der Waals surface area contributed by atoms with Gasteiger partial charge in [0.2, 0.25) is 5.95 Å². The van der Waals surface area contributed by atoms with Crippen molar-refractivity contribution in [2.24, 2.45) is 5.92 Å². The maximum Gasteiger partial charge on any atom is 0.253 e. The van der Waals surface area contributed by atoms with Crippen LogP contribution in [0.2, 0.25) is 5.02 Å². The number of benzene rings is 1. The highest BCUT2D eigenvalue weighted by molar-refractivity contribution is 7.91. The first-order valence-electron chi connectivity index (χ1n) is 8.81. The van der Waals surface area contributed by atoms with E-state index in [1.165, 1.54) is 12.3 Å². The van der Waals surface area contributed by atoms with Crippen molar-refractivity contribution in [3.63, 3.8) is 0 Å². The molecule has 1 atom stereocenters. The van der Waals surface area contributed by atoms with E-state index < -0.39 is 15.9 Å². The Labute approximate surface area is 168 Å². The molecule has 3 rings (SSSR count). The predicted molar refractivity (Wildman–Crippen MR) is 111 cm³/mol. The smallest absolute Gasteiger partial charge is 0.253 e. The molecule has 7 nitrogen and oxygen atoms in total. The van der Waals surface area contributed by atoms with Crippen LogP contribution in [0.1, 0.15) is 32.4 Å². The summed E-state index contributed by atoms with van der Waals surface area (Å²) in [7, 11) is -3.50. The number of halogens is 1. The van der Waals surface area contributed by atoms with Gasteiger partial charge in [0.05, 0.1) is 22.3 Å². The van der Waals surface area contributed by atoms with Crippen molar-refractivity contribution < 1.29 is 8.42 Å². The van der Waals surface area contributed by atoms with Gasteiger partial charge in [-0.2, -0.15) is 0 Å². The van der Waals surface area contributed by atoms with Gasteiger partial charge in [0.15, 0.2) is 14.9 Å². The Morgan fingerprint density at radius 3 is 2.68 bits per heavy atom. The van der Waals surface area contributed by atoms with Gasteiger partial charge in [-0.25, -0.2) is 18.4 Å². The molecule has 1 aromatic carbocycles. The Bertz CT molecular complexity index is 1180. The highest BCUT2D eigenvalue weighted by Gasteiger charge is 2.20. The number of anilines is 1. The monoisotopic (exact) mass is 420 g/mol. The van der Waals surface area contributed by atoms with E-state index in [1.807, 2.05) is 19.9 Å².